The van der Waals surface area contributed by atoms with E-state index in [0.29, 0.717) is 0 Å². The van der Waals surface area contributed by atoms with Gasteiger partial charge in [0.25, 0.3) is 0 Å². The Kier molecular flexibility index (Phi) is 4.27. The lowest BCUT2D eigenvalue weighted by Gasteiger charge is -2.19. The van der Waals surface area contributed by atoms with Crippen LogP contribution < -0.4 is 0 Å². The molecule has 0 radical (unpaired) electrons. The van der Waals surface area contributed by atoms with E-state index in [0.717, 1.165) is 10.5 Å². The van der Waals surface area contributed by atoms with Crippen LogP contribution in [0.3, 0.4) is 0 Å². The molecule has 0 N–H and O–H groups in total. The minimum Gasteiger partial charge on any atom is -0.148 e. The Balaban J connectivity index is 2.08. The van der Waals surface area contributed by atoms with Crippen molar-refractivity contribution in [1.82, 2.24) is 0 Å². The molecule has 1 heterocycles. The molecule has 1 rings (SSSR count). The molecular weight excluding hydrogens is 172 g/mol. The van der Waals surface area contributed by atoms with Crippen LogP contribution in [-0.4, -0.2) is 22.0 Å². The van der Waals surface area contributed by atoms with Gasteiger partial charge in [-0.25, -0.2) is 0 Å². The van der Waals surface area contributed by atoms with Gasteiger partial charge < -0.3 is 0 Å². The van der Waals surface area contributed by atoms with Gasteiger partial charge in [0.1, 0.15) is 0 Å². The van der Waals surface area contributed by atoms with Crippen molar-refractivity contribution < 1.29 is 0 Å². The zero-order valence-electron chi connectivity index (χ0n) is 5.31. The SMILES string of the molecule is ClCCC1SCCCS1. The van der Waals surface area contributed by atoms with Crippen molar-refractivity contribution in [2.75, 3.05) is 17.4 Å². The van der Waals surface area contributed by atoms with E-state index in [4.69, 9.17) is 11.6 Å². The molecule has 0 aromatic heterocycles. The Morgan fingerprint density at radius 2 is 2.00 bits per heavy atom. The van der Waals surface area contributed by atoms with Crippen LogP contribution in [-0.2, 0) is 0 Å². The molecule has 0 nitrogen and oxygen atoms in total. The third kappa shape index (κ3) is 3.06. The van der Waals surface area contributed by atoms with Crippen LogP contribution in [0.4, 0.5) is 0 Å². The van der Waals surface area contributed by atoms with Crippen molar-refractivity contribution in [1.29, 1.82) is 0 Å². The van der Waals surface area contributed by atoms with E-state index in [1.807, 2.05) is 0 Å². The highest BCUT2D eigenvalue weighted by Crippen LogP contribution is 2.32. The van der Waals surface area contributed by atoms with Gasteiger partial charge in [-0.15, -0.1) is 35.1 Å². The third-order valence-electron chi connectivity index (χ3n) is 1.24. The Labute approximate surface area is 70.1 Å². The van der Waals surface area contributed by atoms with Crippen molar-refractivity contribution in [3.63, 3.8) is 0 Å². The highest BCUT2D eigenvalue weighted by atomic mass is 35.5. The Morgan fingerprint density at radius 3 is 2.56 bits per heavy atom. The molecule has 1 saturated heterocycles. The molecule has 1 fully saturated rings. The highest BCUT2D eigenvalue weighted by molar-refractivity contribution is 8.17. The van der Waals surface area contributed by atoms with Gasteiger partial charge in [-0.3, -0.25) is 0 Å². The van der Waals surface area contributed by atoms with Gasteiger partial charge in [-0.05, 0) is 24.3 Å². The summed E-state index contributed by atoms with van der Waals surface area (Å²) < 4.78 is 0.802. The number of hydrogen-bond acceptors (Lipinski definition) is 2. The molecule has 9 heavy (non-hydrogen) atoms. The van der Waals surface area contributed by atoms with E-state index in [-0.39, 0.29) is 0 Å². The highest BCUT2D eigenvalue weighted by Gasteiger charge is 2.12. The van der Waals surface area contributed by atoms with Crippen LogP contribution >= 0.6 is 35.1 Å². The van der Waals surface area contributed by atoms with Crippen molar-refractivity contribution >= 4 is 35.1 Å². The maximum atomic E-state index is 5.61. The molecule has 0 aromatic rings. The molecule has 0 aromatic carbocycles. The van der Waals surface area contributed by atoms with Gasteiger partial charge in [0.05, 0.1) is 4.58 Å². The van der Waals surface area contributed by atoms with Gasteiger partial charge in [0.15, 0.2) is 0 Å². The first-order chi connectivity index (χ1) is 4.43. The summed E-state index contributed by atoms with van der Waals surface area (Å²) in [5.41, 5.74) is 0. The molecule has 54 valence electrons. The summed E-state index contributed by atoms with van der Waals surface area (Å²) in [5, 5.41) is 0. The van der Waals surface area contributed by atoms with E-state index < -0.39 is 0 Å². The number of hydrogen-bond donors (Lipinski definition) is 0. The monoisotopic (exact) mass is 182 g/mol. The summed E-state index contributed by atoms with van der Waals surface area (Å²) in [7, 11) is 0. The number of rotatable bonds is 2. The molecule has 0 amide bonds. The number of halogens is 1. The maximum Gasteiger partial charge on any atom is 0.0513 e. The topological polar surface area (TPSA) is 0 Å². The minimum atomic E-state index is 0.802. The first-order valence-electron chi connectivity index (χ1n) is 3.22. The first-order valence-corrected chi connectivity index (χ1v) is 5.86. The molecule has 0 spiro atoms. The fourth-order valence-corrected chi connectivity index (χ4v) is 4.13. The van der Waals surface area contributed by atoms with E-state index in [9.17, 15) is 0 Å². The Hall–Kier alpha value is 0.990. The fourth-order valence-electron chi connectivity index (χ4n) is 0.792. The average molecular weight is 183 g/mol. The molecule has 1 aliphatic rings. The van der Waals surface area contributed by atoms with Crippen LogP contribution in [0.2, 0.25) is 0 Å². The Morgan fingerprint density at radius 1 is 1.33 bits per heavy atom. The quantitative estimate of drug-likeness (QED) is 0.603. The summed E-state index contributed by atoms with van der Waals surface area (Å²) in [6.45, 7) is 0. The van der Waals surface area contributed by atoms with Gasteiger partial charge in [-0.2, -0.15) is 0 Å². The van der Waals surface area contributed by atoms with E-state index in [1.54, 1.807) is 0 Å². The summed E-state index contributed by atoms with van der Waals surface area (Å²) in [6.07, 6.45) is 2.56. The van der Waals surface area contributed by atoms with Gasteiger partial charge in [-0.1, -0.05) is 0 Å². The maximum absolute atomic E-state index is 5.61. The minimum absolute atomic E-state index is 0.802. The second kappa shape index (κ2) is 4.75. The molecule has 0 unspecified atom stereocenters. The normalized spacial score (nSPS) is 22.3. The van der Waals surface area contributed by atoms with Crippen molar-refractivity contribution in [2.45, 2.75) is 17.4 Å². The molecule has 0 aliphatic carbocycles. The smallest absolute Gasteiger partial charge is 0.0513 e. The van der Waals surface area contributed by atoms with E-state index >= 15 is 0 Å². The summed E-state index contributed by atoms with van der Waals surface area (Å²) in [5.74, 6) is 3.51. The van der Waals surface area contributed by atoms with Crippen LogP contribution in [0.5, 0.6) is 0 Å². The molecule has 0 atom stereocenters. The first kappa shape index (κ1) is 8.09. The Bertz CT molecular complexity index is 68.7. The van der Waals surface area contributed by atoms with Crippen molar-refractivity contribution in [3.8, 4) is 0 Å². The zero-order chi connectivity index (χ0) is 6.53. The second-order valence-electron chi connectivity index (χ2n) is 2.00. The predicted octanol–water partition coefficient (Wildman–Crippen LogP) is 2.81. The average Bonchev–Trinajstić information content (AvgIpc) is 1.91. The number of alkyl halides is 1. The summed E-state index contributed by atoms with van der Waals surface area (Å²) in [6, 6.07) is 0. The van der Waals surface area contributed by atoms with Crippen LogP contribution in [0.15, 0.2) is 0 Å². The molecule has 0 saturated carbocycles. The lowest BCUT2D eigenvalue weighted by molar-refractivity contribution is 1.02. The third-order valence-corrected chi connectivity index (χ3v) is 4.54. The van der Waals surface area contributed by atoms with Gasteiger partial charge in [0.2, 0.25) is 0 Å². The van der Waals surface area contributed by atoms with Gasteiger partial charge in [0, 0.05) is 5.88 Å². The standard InChI is InChI=1S/C6H11ClS2/c7-3-2-6-8-4-1-5-9-6/h6H,1-5H2. The molecule has 0 bridgehead atoms. The summed E-state index contributed by atoms with van der Waals surface area (Å²) >= 11 is 9.74. The lowest BCUT2D eigenvalue weighted by Crippen LogP contribution is -2.06. The fraction of sp³-hybridized carbons (Fsp3) is 1.00. The molecular formula is C6H11ClS2. The van der Waals surface area contributed by atoms with Crippen LogP contribution in [0, 0.1) is 0 Å². The van der Waals surface area contributed by atoms with E-state index in [2.05, 4.69) is 23.5 Å². The summed E-state index contributed by atoms with van der Waals surface area (Å²) in [4.78, 5) is 0. The largest absolute Gasteiger partial charge is 0.148 e. The lowest BCUT2D eigenvalue weighted by atomic mass is 10.5. The van der Waals surface area contributed by atoms with Crippen LogP contribution in [0.25, 0.3) is 0 Å². The number of thioether (sulfide) groups is 2. The van der Waals surface area contributed by atoms with Crippen molar-refractivity contribution in [2.24, 2.45) is 0 Å². The predicted molar refractivity (Wildman–Crippen MR) is 48.7 cm³/mol. The molecule has 1 aliphatic heterocycles. The van der Waals surface area contributed by atoms with Crippen molar-refractivity contribution in [3.05, 3.63) is 0 Å². The second-order valence-corrected chi connectivity index (χ2v) is 5.30. The van der Waals surface area contributed by atoms with E-state index in [1.165, 1.54) is 24.3 Å². The van der Waals surface area contributed by atoms with Crippen LogP contribution in [0.1, 0.15) is 12.8 Å². The van der Waals surface area contributed by atoms with Gasteiger partial charge >= 0.3 is 0 Å². The molecule has 3 heteroatoms. The zero-order valence-corrected chi connectivity index (χ0v) is 7.70.